The molecule has 0 aliphatic heterocycles. The number of aromatic nitrogens is 2. The summed E-state index contributed by atoms with van der Waals surface area (Å²) in [7, 11) is 3.16. The zero-order chi connectivity index (χ0) is 10.8. The molecule has 14 heavy (non-hydrogen) atoms. The highest BCUT2D eigenvalue weighted by atomic mass is 19.4. The summed E-state index contributed by atoms with van der Waals surface area (Å²) in [5.74, 6) is 0. The average molecular weight is 207 g/mol. The first-order chi connectivity index (χ1) is 6.42. The summed E-state index contributed by atoms with van der Waals surface area (Å²) in [4.78, 5) is 0. The van der Waals surface area contributed by atoms with Crippen LogP contribution < -0.4 is 5.32 Å². The molecule has 3 nitrogen and oxygen atoms in total. The lowest BCUT2D eigenvalue weighted by Crippen LogP contribution is -2.24. The number of aryl methyl sites for hydroxylation is 1. The highest BCUT2D eigenvalue weighted by Crippen LogP contribution is 2.28. The highest BCUT2D eigenvalue weighted by molar-refractivity contribution is 5.05. The maximum absolute atomic E-state index is 12.1. The van der Waals surface area contributed by atoms with Crippen molar-refractivity contribution >= 4 is 0 Å². The monoisotopic (exact) mass is 207 g/mol. The van der Waals surface area contributed by atoms with Crippen molar-refractivity contribution in [3.8, 4) is 0 Å². The lowest BCUT2D eigenvalue weighted by Gasteiger charge is -2.15. The van der Waals surface area contributed by atoms with E-state index < -0.39 is 18.6 Å². The summed E-state index contributed by atoms with van der Waals surface area (Å²) >= 11 is 0. The minimum absolute atomic E-state index is 0.410. The minimum Gasteiger partial charge on any atom is -0.311 e. The normalized spacial score (nSPS) is 14.4. The lowest BCUT2D eigenvalue weighted by molar-refractivity contribution is -0.140. The highest BCUT2D eigenvalue weighted by Gasteiger charge is 2.32. The van der Waals surface area contributed by atoms with E-state index in [4.69, 9.17) is 0 Å². The van der Waals surface area contributed by atoms with E-state index in [0.717, 1.165) is 0 Å². The number of rotatable bonds is 3. The molecule has 1 heterocycles. The number of nitrogens with one attached hydrogen (secondary N) is 1. The van der Waals surface area contributed by atoms with E-state index in [1.165, 1.54) is 11.7 Å². The molecule has 0 radical (unpaired) electrons. The zero-order valence-electron chi connectivity index (χ0n) is 7.97. The molecule has 0 aromatic carbocycles. The van der Waals surface area contributed by atoms with Crippen LogP contribution in [0.3, 0.4) is 0 Å². The van der Waals surface area contributed by atoms with E-state index in [-0.39, 0.29) is 0 Å². The Morgan fingerprint density at radius 1 is 1.57 bits per heavy atom. The Morgan fingerprint density at radius 2 is 2.21 bits per heavy atom. The zero-order valence-corrected chi connectivity index (χ0v) is 7.97. The molecular formula is C8H12F3N3. The van der Waals surface area contributed by atoms with Crippen molar-refractivity contribution in [1.29, 1.82) is 0 Å². The molecule has 1 unspecified atom stereocenters. The largest absolute Gasteiger partial charge is 0.390 e. The van der Waals surface area contributed by atoms with Crippen LogP contribution >= 0.6 is 0 Å². The standard InChI is InChI=1S/C8H12F3N3/c1-12-7(5-8(9,10)11)6-3-4-14(2)13-6/h3-4,7,12H,5H2,1-2H3. The summed E-state index contributed by atoms with van der Waals surface area (Å²) < 4.78 is 37.8. The van der Waals surface area contributed by atoms with Crippen LogP contribution in [-0.2, 0) is 7.05 Å². The third-order valence-electron chi connectivity index (χ3n) is 1.88. The fourth-order valence-corrected chi connectivity index (χ4v) is 1.20. The van der Waals surface area contributed by atoms with Crippen molar-refractivity contribution in [3.05, 3.63) is 18.0 Å². The molecule has 1 atom stereocenters. The van der Waals surface area contributed by atoms with Gasteiger partial charge in [0.05, 0.1) is 18.2 Å². The number of hydrogen-bond donors (Lipinski definition) is 1. The van der Waals surface area contributed by atoms with Gasteiger partial charge in [-0.25, -0.2) is 0 Å². The van der Waals surface area contributed by atoms with Crippen LogP contribution in [0.25, 0.3) is 0 Å². The third-order valence-corrected chi connectivity index (χ3v) is 1.88. The number of nitrogens with zero attached hydrogens (tertiary/aromatic N) is 2. The van der Waals surface area contributed by atoms with Crippen LogP contribution in [-0.4, -0.2) is 23.0 Å². The van der Waals surface area contributed by atoms with Crippen LogP contribution in [0, 0.1) is 0 Å². The number of alkyl halides is 3. The second kappa shape index (κ2) is 4.00. The molecule has 1 aromatic heterocycles. The first-order valence-electron chi connectivity index (χ1n) is 4.16. The molecule has 80 valence electrons. The van der Waals surface area contributed by atoms with Crippen molar-refractivity contribution in [1.82, 2.24) is 15.1 Å². The third kappa shape index (κ3) is 3.02. The van der Waals surface area contributed by atoms with Crippen LogP contribution in [0.4, 0.5) is 13.2 Å². The molecule has 1 rings (SSSR count). The van der Waals surface area contributed by atoms with Gasteiger partial charge in [-0.15, -0.1) is 0 Å². The first kappa shape index (κ1) is 11.0. The number of hydrogen-bond acceptors (Lipinski definition) is 2. The lowest BCUT2D eigenvalue weighted by atomic mass is 10.1. The van der Waals surface area contributed by atoms with Gasteiger partial charge in [0, 0.05) is 13.2 Å². The van der Waals surface area contributed by atoms with Gasteiger partial charge in [0.25, 0.3) is 0 Å². The van der Waals surface area contributed by atoms with E-state index in [0.29, 0.717) is 5.69 Å². The molecule has 1 N–H and O–H groups in total. The van der Waals surface area contributed by atoms with Crippen LogP contribution in [0.5, 0.6) is 0 Å². The first-order valence-corrected chi connectivity index (χ1v) is 4.16. The molecule has 0 aliphatic rings. The van der Waals surface area contributed by atoms with Crippen molar-refractivity contribution in [2.45, 2.75) is 18.6 Å². The predicted molar refractivity (Wildman–Crippen MR) is 45.7 cm³/mol. The van der Waals surface area contributed by atoms with Crippen LogP contribution in [0.2, 0.25) is 0 Å². The second-order valence-corrected chi connectivity index (χ2v) is 3.07. The van der Waals surface area contributed by atoms with Gasteiger partial charge < -0.3 is 5.32 Å². The van der Waals surface area contributed by atoms with Gasteiger partial charge in [-0.1, -0.05) is 0 Å². The second-order valence-electron chi connectivity index (χ2n) is 3.07. The Morgan fingerprint density at radius 3 is 2.57 bits per heavy atom. The van der Waals surface area contributed by atoms with Gasteiger partial charge in [0.1, 0.15) is 0 Å². The van der Waals surface area contributed by atoms with Gasteiger partial charge in [-0.2, -0.15) is 18.3 Å². The van der Waals surface area contributed by atoms with Crippen molar-refractivity contribution < 1.29 is 13.2 Å². The fraction of sp³-hybridized carbons (Fsp3) is 0.625. The molecular weight excluding hydrogens is 195 g/mol. The minimum atomic E-state index is -4.18. The van der Waals surface area contributed by atoms with E-state index in [1.54, 1.807) is 19.3 Å². The van der Waals surface area contributed by atoms with Crippen LogP contribution in [0.15, 0.2) is 12.3 Å². The molecule has 0 fully saturated rings. The predicted octanol–water partition coefficient (Wildman–Crippen LogP) is 1.63. The Kier molecular flexibility index (Phi) is 3.15. The quantitative estimate of drug-likeness (QED) is 0.816. The average Bonchev–Trinajstić information content (AvgIpc) is 2.46. The summed E-state index contributed by atoms with van der Waals surface area (Å²) in [5, 5.41) is 6.51. The van der Waals surface area contributed by atoms with Gasteiger partial charge >= 0.3 is 6.18 Å². The molecule has 0 aliphatic carbocycles. The van der Waals surface area contributed by atoms with Gasteiger partial charge in [0.2, 0.25) is 0 Å². The van der Waals surface area contributed by atoms with E-state index in [2.05, 4.69) is 10.4 Å². The van der Waals surface area contributed by atoms with E-state index in [1.807, 2.05) is 0 Å². The Balaban J connectivity index is 2.72. The number of halogens is 3. The summed E-state index contributed by atoms with van der Waals surface area (Å²) in [6.07, 6.45) is -3.46. The topological polar surface area (TPSA) is 29.9 Å². The van der Waals surface area contributed by atoms with Crippen molar-refractivity contribution in [2.24, 2.45) is 7.05 Å². The van der Waals surface area contributed by atoms with Gasteiger partial charge in [0.15, 0.2) is 0 Å². The SMILES string of the molecule is CNC(CC(F)(F)F)c1ccn(C)n1. The molecule has 0 saturated heterocycles. The Labute approximate surface area is 79.9 Å². The molecule has 0 amide bonds. The molecule has 0 saturated carbocycles. The van der Waals surface area contributed by atoms with Gasteiger partial charge in [-0.3, -0.25) is 4.68 Å². The summed E-state index contributed by atoms with van der Waals surface area (Å²) in [6.45, 7) is 0. The molecule has 1 aromatic rings. The fourth-order valence-electron chi connectivity index (χ4n) is 1.20. The van der Waals surface area contributed by atoms with Gasteiger partial charge in [-0.05, 0) is 13.1 Å². The summed E-state index contributed by atoms with van der Waals surface area (Å²) in [5.41, 5.74) is 0.410. The van der Waals surface area contributed by atoms with E-state index >= 15 is 0 Å². The summed E-state index contributed by atoms with van der Waals surface area (Å²) in [6, 6.07) is 0.809. The smallest absolute Gasteiger partial charge is 0.311 e. The Hall–Kier alpha value is -1.04. The molecule has 6 heteroatoms. The van der Waals surface area contributed by atoms with Crippen molar-refractivity contribution in [3.63, 3.8) is 0 Å². The maximum Gasteiger partial charge on any atom is 0.390 e. The van der Waals surface area contributed by atoms with Crippen molar-refractivity contribution in [2.75, 3.05) is 7.05 Å². The Bertz CT molecular complexity index is 292. The van der Waals surface area contributed by atoms with E-state index in [9.17, 15) is 13.2 Å². The van der Waals surface area contributed by atoms with Crippen LogP contribution in [0.1, 0.15) is 18.2 Å². The maximum atomic E-state index is 12.1. The molecule has 0 spiro atoms. The molecule has 0 bridgehead atoms.